The van der Waals surface area contributed by atoms with Gasteiger partial charge < -0.3 is 15.4 Å². The van der Waals surface area contributed by atoms with E-state index in [-0.39, 0.29) is 11.8 Å². The molecule has 0 saturated heterocycles. The lowest BCUT2D eigenvalue weighted by Gasteiger charge is -2.26. The molecule has 0 spiro atoms. The van der Waals surface area contributed by atoms with Crippen LogP contribution in [-0.4, -0.2) is 42.1 Å². The number of carbonyl (C=O) groups excluding carboxylic acids is 1. The average Bonchev–Trinajstić information content (AvgIpc) is 2.42. The molecule has 0 aliphatic heterocycles. The summed E-state index contributed by atoms with van der Waals surface area (Å²) in [5.41, 5.74) is 6.78. The Morgan fingerprint density at radius 1 is 1.47 bits per heavy atom. The van der Waals surface area contributed by atoms with Crippen LogP contribution in [0.2, 0.25) is 0 Å². The first-order valence-electron chi connectivity index (χ1n) is 6.49. The molecule has 0 saturated carbocycles. The molecular weight excluding hydrogens is 242 g/mol. The Bertz CT molecular complexity index is 382. The predicted octanol–water partition coefficient (Wildman–Crippen LogP) is 1.04. The van der Waals surface area contributed by atoms with Gasteiger partial charge in [0.15, 0.2) is 0 Å². The second-order valence-electron chi connectivity index (χ2n) is 4.84. The summed E-state index contributed by atoms with van der Waals surface area (Å²) in [7, 11) is 1.62. The quantitative estimate of drug-likeness (QED) is 0.800. The van der Waals surface area contributed by atoms with Gasteiger partial charge >= 0.3 is 0 Å². The van der Waals surface area contributed by atoms with Crippen LogP contribution >= 0.6 is 0 Å². The SMILES string of the molecule is COCCN(Cc1ccccn1)C(=O)C(N)C(C)C. The first kappa shape index (κ1) is 15.6. The van der Waals surface area contributed by atoms with Gasteiger partial charge in [-0.15, -0.1) is 0 Å². The van der Waals surface area contributed by atoms with Gasteiger partial charge in [0.25, 0.3) is 0 Å². The third-order valence-electron chi connectivity index (χ3n) is 2.96. The maximum atomic E-state index is 12.3. The highest BCUT2D eigenvalue weighted by Crippen LogP contribution is 2.07. The number of nitrogens with two attached hydrogens (primary N) is 1. The van der Waals surface area contributed by atoms with Crippen molar-refractivity contribution in [3.63, 3.8) is 0 Å². The zero-order valence-electron chi connectivity index (χ0n) is 11.9. The van der Waals surface area contributed by atoms with Crippen LogP contribution < -0.4 is 5.73 Å². The van der Waals surface area contributed by atoms with Crippen LogP contribution in [0.1, 0.15) is 19.5 Å². The second kappa shape index (κ2) is 7.86. The summed E-state index contributed by atoms with van der Waals surface area (Å²) in [4.78, 5) is 18.3. The van der Waals surface area contributed by atoms with Gasteiger partial charge in [0.05, 0.1) is 24.9 Å². The lowest BCUT2D eigenvalue weighted by Crippen LogP contribution is -2.47. The van der Waals surface area contributed by atoms with Crippen LogP contribution in [0.25, 0.3) is 0 Å². The van der Waals surface area contributed by atoms with Gasteiger partial charge in [-0.3, -0.25) is 9.78 Å². The highest BCUT2D eigenvalue weighted by molar-refractivity contribution is 5.81. The molecule has 1 rings (SSSR count). The predicted molar refractivity (Wildman–Crippen MR) is 74.3 cm³/mol. The number of hydrogen-bond donors (Lipinski definition) is 1. The van der Waals surface area contributed by atoms with Gasteiger partial charge in [-0.1, -0.05) is 19.9 Å². The molecule has 0 bridgehead atoms. The minimum absolute atomic E-state index is 0.0577. The lowest BCUT2D eigenvalue weighted by atomic mass is 10.0. The Balaban J connectivity index is 2.74. The molecule has 1 aromatic rings. The van der Waals surface area contributed by atoms with Gasteiger partial charge in [-0.2, -0.15) is 0 Å². The molecule has 0 aromatic carbocycles. The van der Waals surface area contributed by atoms with Crippen LogP contribution in [0.4, 0.5) is 0 Å². The van der Waals surface area contributed by atoms with Crippen molar-refractivity contribution >= 4 is 5.91 Å². The van der Waals surface area contributed by atoms with E-state index in [1.54, 1.807) is 18.2 Å². The van der Waals surface area contributed by atoms with E-state index in [1.165, 1.54) is 0 Å². The van der Waals surface area contributed by atoms with E-state index in [4.69, 9.17) is 10.5 Å². The van der Waals surface area contributed by atoms with Crippen molar-refractivity contribution in [3.8, 4) is 0 Å². The van der Waals surface area contributed by atoms with E-state index in [9.17, 15) is 4.79 Å². The summed E-state index contributed by atoms with van der Waals surface area (Å²) < 4.78 is 5.05. The van der Waals surface area contributed by atoms with E-state index in [1.807, 2.05) is 32.0 Å². The Morgan fingerprint density at radius 3 is 2.74 bits per heavy atom. The Hall–Kier alpha value is -1.46. The first-order chi connectivity index (χ1) is 9.06. The average molecular weight is 265 g/mol. The van der Waals surface area contributed by atoms with Crippen molar-refractivity contribution in [2.24, 2.45) is 11.7 Å². The van der Waals surface area contributed by atoms with E-state index in [0.717, 1.165) is 5.69 Å². The van der Waals surface area contributed by atoms with Gasteiger partial charge in [0, 0.05) is 19.9 Å². The molecular formula is C14H23N3O2. The Kier molecular flexibility index (Phi) is 6.45. The van der Waals surface area contributed by atoms with Crippen LogP contribution in [0, 0.1) is 5.92 Å². The summed E-state index contributed by atoms with van der Waals surface area (Å²) in [6.07, 6.45) is 1.72. The highest BCUT2D eigenvalue weighted by Gasteiger charge is 2.23. The summed E-state index contributed by atoms with van der Waals surface area (Å²) in [5, 5.41) is 0. The van der Waals surface area contributed by atoms with Gasteiger partial charge in [0.2, 0.25) is 5.91 Å². The fraction of sp³-hybridized carbons (Fsp3) is 0.571. The molecule has 1 unspecified atom stereocenters. The lowest BCUT2D eigenvalue weighted by molar-refractivity contribution is -0.134. The van der Waals surface area contributed by atoms with Crippen molar-refractivity contribution < 1.29 is 9.53 Å². The van der Waals surface area contributed by atoms with Gasteiger partial charge in [-0.25, -0.2) is 0 Å². The van der Waals surface area contributed by atoms with E-state index in [0.29, 0.717) is 19.7 Å². The van der Waals surface area contributed by atoms with Crippen molar-refractivity contribution in [1.29, 1.82) is 0 Å². The monoisotopic (exact) mass is 265 g/mol. The number of carbonyl (C=O) groups is 1. The molecule has 1 atom stereocenters. The number of aromatic nitrogens is 1. The van der Waals surface area contributed by atoms with Crippen LogP contribution in [-0.2, 0) is 16.1 Å². The molecule has 0 aliphatic carbocycles. The largest absolute Gasteiger partial charge is 0.383 e. The molecule has 0 aliphatic rings. The zero-order valence-corrected chi connectivity index (χ0v) is 11.9. The molecule has 1 heterocycles. The van der Waals surface area contributed by atoms with Crippen molar-refractivity contribution in [1.82, 2.24) is 9.88 Å². The van der Waals surface area contributed by atoms with Gasteiger partial charge in [0.1, 0.15) is 0 Å². The molecule has 2 N–H and O–H groups in total. The Morgan fingerprint density at radius 2 is 2.21 bits per heavy atom. The van der Waals surface area contributed by atoms with E-state index < -0.39 is 6.04 Å². The summed E-state index contributed by atoms with van der Waals surface area (Å²) in [6.45, 7) is 5.36. The molecule has 19 heavy (non-hydrogen) atoms. The number of rotatable bonds is 7. The minimum atomic E-state index is -0.486. The van der Waals surface area contributed by atoms with Crippen molar-refractivity contribution in [2.45, 2.75) is 26.4 Å². The maximum absolute atomic E-state index is 12.3. The topological polar surface area (TPSA) is 68.5 Å². The zero-order chi connectivity index (χ0) is 14.3. The normalized spacial score (nSPS) is 12.5. The molecule has 1 aromatic heterocycles. The van der Waals surface area contributed by atoms with E-state index >= 15 is 0 Å². The van der Waals surface area contributed by atoms with Crippen LogP contribution in [0.15, 0.2) is 24.4 Å². The maximum Gasteiger partial charge on any atom is 0.240 e. The second-order valence-corrected chi connectivity index (χ2v) is 4.84. The number of hydrogen-bond acceptors (Lipinski definition) is 4. The van der Waals surface area contributed by atoms with E-state index in [2.05, 4.69) is 4.98 Å². The fourth-order valence-electron chi connectivity index (χ4n) is 1.65. The van der Waals surface area contributed by atoms with Gasteiger partial charge in [-0.05, 0) is 18.1 Å². The molecule has 5 heteroatoms. The number of nitrogens with zero attached hydrogens (tertiary/aromatic N) is 2. The summed E-state index contributed by atoms with van der Waals surface area (Å²) in [5.74, 6) is 0.0546. The molecule has 0 radical (unpaired) electrons. The third-order valence-corrected chi connectivity index (χ3v) is 2.96. The Labute approximate surface area is 114 Å². The van der Waals surface area contributed by atoms with Crippen LogP contribution in [0.3, 0.4) is 0 Å². The molecule has 1 amide bonds. The smallest absolute Gasteiger partial charge is 0.240 e. The number of ether oxygens (including phenoxy) is 1. The number of pyridine rings is 1. The fourth-order valence-corrected chi connectivity index (χ4v) is 1.65. The minimum Gasteiger partial charge on any atom is -0.383 e. The third kappa shape index (κ3) is 4.96. The first-order valence-corrected chi connectivity index (χ1v) is 6.49. The summed E-state index contributed by atoms with van der Waals surface area (Å²) in [6, 6.07) is 5.17. The summed E-state index contributed by atoms with van der Waals surface area (Å²) >= 11 is 0. The standard InChI is InChI=1S/C14H23N3O2/c1-11(2)13(15)14(18)17(8-9-19-3)10-12-6-4-5-7-16-12/h4-7,11,13H,8-10,15H2,1-3H3. The van der Waals surface area contributed by atoms with Crippen LogP contribution in [0.5, 0.6) is 0 Å². The van der Waals surface area contributed by atoms with Crippen molar-refractivity contribution in [3.05, 3.63) is 30.1 Å². The molecule has 0 fully saturated rings. The molecule has 5 nitrogen and oxygen atoms in total. The molecule has 106 valence electrons. The number of amides is 1. The van der Waals surface area contributed by atoms with Crippen molar-refractivity contribution in [2.75, 3.05) is 20.3 Å². The highest BCUT2D eigenvalue weighted by atomic mass is 16.5. The number of methoxy groups -OCH3 is 1.